The van der Waals surface area contributed by atoms with Crippen LogP contribution in [0.2, 0.25) is 0 Å². The quantitative estimate of drug-likeness (QED) is 0.755. The molecule has 0 aliphatic heterocycles. The molecule has 2 rings (SSSR count). The van der Waals surface area contributed by atoms with Gasteiger partial charge in [0.15, 0.2) is 0 Å². The lowest BCUT2D eigenvalue weighted by atomic mass is 10.0. The summed E-state index contributed by atoms with van der Waals surface area (Å²) in [5.74, 6) is -0.913. The van der Waals surface area contributed by atoms with E-state index in [2.05, 4.69) is 10.6 Å². The van der Waals surface area contributed by atoms with Gasteiger partial charge in [0.2, 0.25) is 5.91 Å². The maximum atomic E-state index is 12.7. The third kappa shape index (κ3) is 5.47. The zero-order chi connectivity index (χ0) is 19.4. The van der Waals surface area contributed by atoms with Gasteiger partial charge in [-0.1, -0.05) is 30.3 Å². The summed E-state index contributed by atoms with van der Waals surface area (Å²) in [6, 6.07) is 8.45. The van der Waals surface area contributed by atoms with Crippen LogP contribution in [-0.2, 0) is 25.5 Å². The lowest BCUT2D eigenvalue weighted by Crippen LogP contribution is -2.54. The molecule has 0 aromatic heterocycles. The van der Waals surface area contributed by atoms with Gasteiger partial charge in [-0.2, -0.15) is 0 Å². The van der Waals surface area contributed by atoms with Crippen LogP contribution in [0.4, 0.5) is 4.79 Å². The molecule has 0 bridgehead atoms. The predicted molar refractivity (Wildman–Crippen MR) is 95.4 cm³/mol. The van der Waals surface area contributed by atoms with Crippen LogP contribution in [0.3, 0.4) is 0 Å². The normalized spacial score (nSPS) is 16.2. The zero-order valence-corrected chi connectivity index (χ0v) is 15.6. The first-order chi connectivity index (χ1) is 12.1. The molecule has 1 aliphatic rings. The smallest absolute Gasteiger partial charge is 0.408 e. The van der Waals surface area contributed by atoms with E-state index in [0.717, 1.165) is 5.56 Å². The van der Waals surface area contributed by atoms with Crippen molar-refractivity contribution in [3.8, 4) is 0 Å². The number of methoxy groups -OCH3 is 1. The fraction of sp³-hybridized carbons (Fsp3) is 0.526. The number of hydrogen-bond donors (Lipinski definition) is 2. The first kappa shape index (κ1) is 19.8. The Kier molecular flexibility index (Phi) is 5.90. The summed E-state index contributed by atoms with van der Waals surface area (Å²) in [6.07, 6.45) is 0.645. The average Bonchev–Trinajstić information content (AvgIpc) is 3.33. The van der Waals surface area contributed by atoms with E-state index >= 15 is 0 Å². The molecular formula is C19H26N2O5. The van der Waals surface area contributed by atoms with Gasteiger partial charge >= 0.3 is 12.1 Å². The minimum atomic E-state index is -0.976. The first-order valence-electron chi connectivity index (χ1n) is 8.59. The Morgan fingerprint density at radius 2 is 1.77 bits per heavy atom. The second kappa shape index (κ2) is 7.76. The third-order valence-corrected chi connectivity index (χ3v) is 3.98. The fourth-order valence-corrected chi connectivity index (χ4v) is 2.53. The van der Waals surface area contributed by atoms with Crippen LogP contribution in [0.5, 0.6) is 0 Å². The number of carbonyl (C=O) groups excluding carboxylic acids is 3. The summed E-state index contributed by atoms with van der Waals surface area (Å²) < 4.78 is 10.0. The van der Waals surface area contributed by atoms with Crippen LogP contribution in [0.15, 0.2) is 30.3 Å². The molecule has 7 nitrogen and oxygen atoms in total. The Hall–Kier alpha value is -2.57. The van der Waals surface area contributed by atoms with Crippen molar-refractivity contribution < 1.29 is 23.9 Å². The van der Waals surface area contributed by atoms with E-state index in [4.69, 9.17) is 9.47 Å². The SMILES string of the molecule is COC(=O)C1(NC(=O)[C@H](Cc2ccccc2)NC(=O)OC(C)(C)C)CC1. The molecule has 7 heteroatoms. The Balaban J connectivity index is 2.10. The Labute approximate surface area is 153 Å². The van der Waals surface area contributed by atoms with Crippen LogP contribution in [0, 0.1) is 0 Å². The van der Waals surface area contributed by atoms with Crippen molar-refractivity contribution in [2.24, 2.45) is 0 Å². The summed E-state index contributed by atoms with van der Waals surface area (Å²) in [6.45, 7) is 5.24. The monoisotopic (exact) mass is 362 g/mol. The topological polar surface area (TPSA) is 93.7 Å². The van der Waals surface area contributed by atoms with Gasteiger partial charge < -0.3 is 20.1 Å². The second-order valence-electron chi connectivity index (χ2n) is 7.45. The third-order valence-electron chi connectivity index (χ3n) is 3.98. The van der Waals surface area contributed by atoms with Crippen molar-refractivity contribution in [1.29, 1.82) is 0 Å². The van der Waals surface area contributed by atoms with Crippen molar-refractivity contribution in [3.05, 3.63) is 35.9 Å². The molecule has 1 fully saturated rings. The molecule has 0 radical (unpaired) electrons. The molecule has 26 heavy (non-hydrogen) atoms. The van der Waals surface area contributed by atoms with Crippen LogP contribution in [-0.4, -0.2) is 42.3 Å². The van der Waals surface area contributed by atoms with Crippen LogP contribution < -0.4 is 10.6 Å². The van der Waals surface area contributed by atoms with E-state index in [0.29, 0.717) is 12.8 Å². The molecule has 2 amide bonds. The van der Waals surface area contributed by atoms with Crippen molar-refractivity contribution in [1.82, 2.24) is 10.6 Å². The first-order valence-corrected chi connectivity index (χ1v) is 8.59. The molecule has 142 valence electrons. The Morgan fingerprint density at radius 3 is 2.27 bits per heavy atom. The molecule has 0 spiro atoms. The van der Waals surface area contributed by atoms with Gasteiger partial charge in [-0.25, -0.2) is 9.59 Å². The van der Waals surface area contributed by atoms with Gasteiger partial charge in [-0.3, -0.25) is 4.79 Å². The summed E-state index contributed by atoms with van der Waals surface area (Å²) in [5.41, 5.74) is -0.774. The fourth-order valence-electron chi connectivity index (χ4n) is 2.53. The van der Waals surface area contributed by atoms with Crippen LogP contribution in [0.25, 0.3) is 0 Å². The molecular weight excluding hydrogens is 336 g/mol. The van der Waals surface area contributed by atoms with E-state index in [1.165, 1.54) is 7.11 Å². The number of ether oxygens (including phenoxy) is 2. The lowest BCUT2D eigenvalue weighted by molar-refractivity contribution is -0.146. The minimum Gasteiger partial charge on any atom is -0.467 e. The standard InChI is InChI=1S/C19H26N2O5/c1-18(2,3)26-17(24)20-14(12-13-8-6-5-7-9-13)15(22)21-19(10-11-19)16(23)25-4/h5-9,14H,10-12H2,1-4H3,(H,20,24)(H,21,22)/t14-/m0/s1. The second-order valence-corrected chi connectivity index (χ2v) is 7.45. The highest BCUT2D eigenvalue weighted by Gasteiger charge is 2.53. The number of amides is 2. The van der Waals surface area contributed by atoms with Crippen molar-refractivity contribution in [3.63, 3.8) is 0 Å². The summed E-state index contributed by atoms with van der Waals surface area (Å²) in [5, 5.41) is 5.33. The molecule has 0 unspecified atom stereocenters. The maximum absolute atomic E-state index is 12.7. The van der Waals surface area contributed by atoms with E-state index in [9.17, 15) is 14.4 Å². The number of esters is 1. The lowest BCUT2D eigenvalue weighted by Gasteiger charge is -2.25. The number of alkyl carbamates (subject to hydrolysis) is 1. The summed E-state index contributed by atoms with van der Waals surface area (Å²) in [4.78, 5) is 36.7. The molecule has 1 atom stereocenters. The number of carbonyl (C=O) groups is 3. The van der Waals surface area contributed by atoms with Crippen molar-refractivity contribution >= 4 is 18.0 Å². The number of rotatable bonds is 6. The van der Waals surface area contributed by atoms with E-state index in [1.807, 2.05) is 30.3 Å². The highest BCUT2D eigenvalue weighted by molar-refractivity contribution is 5.93. The Morgan fingerprint density at radius 1 is 1.15 bits per heavy atom. The van der Waals surface area contributed by atoms with Gasteiger partial charge in [0.1, 0.15) is 17.2 Å². The average molecular weight is 362 g/mol. The molecule has 0 heterocycles. The maximum Gasteiger partial charge on any atom is 0.408 e. The number of benzene rings is 1. The zero-order valence-electron chi connectivity index (χ0n) is 15.6. The van der Waals surface area contributed by atoms with E-state index in [-0.39, 0.29) is 6.42 Å². The largest absolute Gasteiger partial charge is 0.467 e. The minimum absolute atomic E-state index is 0.281. The van der Waals surface area contributed by atoms with Gasteiger partial charge in [0.25, 0.3) is 0 Å². The molecule has 1 saturated carbocycles. The highest BCUT2D eigenvalue weighted by Crippen LogP contribution is 2.36. The van der Waals surface area contributed by atoms with E-state index in [1.54, 1.807) is 20.8 Å². The van der Waals surface area contributed by atoms with Crippen molar-refractivity contribution in [2.45, 2.75) is 57.2 Å². The van der Waals surface area contributed by atoms with Gasteiger partial charge in [0.05, 0.1) is 7.11 Å². The van der Waals surface area contributed by atoms with Gasteiger partial charge in [-0.05, 0) is 39.2 Å². The van der Waals surface area contributed by atoms with Crippen LogP contribution in [0.1, 0.15) is 39.2 Å². The molecule has 1 aromatic rings. The predicted octanol–water partition coefficient (Wildman–Crippen LogP) is 1.94. The molecule has 0 saturated heterocycles. The van der Waals surface area contributed by atoms with Gasteiger partial charge in [-0.15, -0.1) is 0 Å². The number of nitrogens with one attached hydrogen (secondary N) is 2. The van der Waals surface area contributed by atoms with E-state index < -0.39 is 35.2 Å². The highest BCUT2D eigenvalue weighted by atomic mass is 16.6. The number of hydrogen-bond acceptors (Lipinski definition) is 5. The summed E-state index contributed by atoms with van der Waals surface area (Å²) in [7, 11) is 1.29. The Bertz CT molecular complexity index is 662. The summed E-state index contributed by atoms with van der Waals surface area (Å²) >= 11 is 0. The molecule has 1 aromatic carbocycles. The molecule has 1 aliphatic carbocycles. The van der Waals surface area contributed by atoms with Crippen LogP contribution >= 0.6 is 0 Å². The van der Waals surface area contributed by atoms with Gasteiger partial charge in [0, 0.05) is 6.42 Å². The van der Waals surface area contributed by atoms with Crippen molar-refractivity contribution in [2.75, 3.05) is 7.11 Å². The molecule has 2 N–H and O–H groups in total.